The number of nitrogens with zero attached hydrogens (tertiary/aromatic N) is 1. The zero-order valence-electron chi connectivity index (χ0n) is 14.7. The average Bonchev–Trinajstić information content (AvgIpc) is 3.05. The van der Waals surface area contributed by atoms with Crippen LogP contribution in [0.4, 0.5) is 5.69 Å². The molecule has 1 heterocycles. The van der Waals surface area contributed by atoms with Crippen molar-refractivity contribution in [2.75, 3.05) is 5.32 Å². The predicted octanol–water partition coefficient (Wildman–Crippen LogP) is 5.10. The van der Waals surface area contributed by atoms with Crippen molar-refractivity contribution in [3.63, 3.8) is 0 Å². The normalized spacial score (nSPS) is 10.8. The molecule has 4 aromatic rings. The third-order valence-corrected chi connectivity index (χ3v) is 4.30. The molecular weight excluding hydrogens is 322 g/mol. The lowest BCUT2D eigenvalue weighted by molar-refractivity contribution is 0.102. The first-order chi connectivity index (χ1) is 12.6. The van der Waals surface area contributed by atoms with Crippen LogP contribution in [0.25, 0.3) is 22.4 Å². The SMILES string of the molecule is Cc1cc(C)cc(C(=O)Nc2ccccc2-c2nc3ccccc3[nH]2)c1. The quantitative estimate of drug-likeness (QED) is 0.545. The van der Waals surface area contributed by atoms with Gasteiger partial charge in [-0.25, -0.2) is 4.98 Å². The van der Waals surface area contributed by atoms with Crippen LogP contribution in [0, 0.1) is 13.8 Å². The van der Waals surface area contributed by atoms with Gasteiger partial charge < -0.3 is 10.3 Å². The highest BCUT2D eigenvalue weighted by Gasteiger charge is 2.13. The smallest absolute Gasteiger partial charge is 0.255 e. The Labute approximate surface area is 151 Å². The van der Waals surface area contributed by atoms with E-state index in [2.05, 4.69) is 21.4 Å². The highest BCUT2D eigenvalue weighted by Crippen LogP contribution is 2.28. The van der Waals surface area contributed by atoms with Gasteiger partial charge in [0.25, 0.3) is 5.91 Å². The van der Waals surface area contributed by atoms with Gasteiger partial charge in [0.15, 0.2) is 0 Å². The Kier molecular flexibility index (Phi) is 4.01. The minimum absolute atomic E-state index is 0.125. The standard InChI is InChI=1S/C22H19N3O/c1-14-11-15(2)13-16(12-14)22(26)25-18-8-4-3-7-17(18)21-23-19-9-5-6-10-20(19)24-21/h3-13H,1-2H3,(H,23,24)(H,25,26). The third-order valence-electron chi connectivity index (χ3n) is 4.30. The molecule has 3 aromatic carbocycles. The lowest BCUT2D eigenvalue weighted by Crippen LogP contribution is -2.13. The van der Waals surface area contributed by atoms with Crippen molar-refractivity contribution in [1.82, 2.24) is 9.97 Å². The van der Waals surface area contributed by atoms with Crippen LogP contribution in [0.15, 0.2) is 66.7 Å². The molecule has 0 atom stereocenters. The zero-order valence-corrected chi connectivity index (χ0v) is 14.7. The molecular formula is C22H19N3O. The summed E-state index contributed by atoms with van der Waals surface area (Å²) in [7, 11) is 0. The molecule has 0 bridgehead atoms. The van der Waals surface area contributed by atoms with Gasteiger partial charge in [-0.3, -0.25) is 4.79 Å². The largest absolute Gasteiger partial charge is 0.338 e. The first-order valence-electron chi connectivity index (χ1n) is 8.54. The van der Waals surface area contributed by atoms with E-state index in [0.29, 0.717) is 5.56 Å². The molecule has 0 saturated carbocycles. The Morgan fingerprint density at radius 3 is 2.38 bits per heavy atom. The minimum Gasteiger partial charge on any atom is -0.338 e. The molecule has 128 valence electrons. The van der Waals surface area contributed by atoms with E-state index in [0.717, 1.165) is 39.2 Å². The van der Waals surface area contributed by atoms with E-state index >= 15 is 0 Å². The summed E-state index contributed by atoms with van der Waals surface area (Å²) in [6.45, 7) is 3.98. The highest BCUT2D eigenvalue weighted by atomic mass is 16.1. The van der Waals surface area contributed by atoms with Gasteiger partial charge in [-0.2, -0.15) is 0 Å². The van der Waals surface area contributed by atoms with Crippen molar-refractivity contribution in [2.45, 2.75) is 13.8 Å². The number of aromatic nitrogens is 2. The number of amides is 1. The second-order valence-corrected chi connectivity index (χ2v) is 6.48. The molecule has 0 aliphatic rings. The molecule has 26 heavy (non-hydrogen) atoms. The van der Waals surface area contributed by atoms with Gasteiger partial charge in [0.1, 0.15) is 5.82 Å². The molecule has 0 fully saturated rings. The molecule has 2 N–H and O–H groups in total. The molecule has 4 rings (SSSR count). The molecule has 0 saturated heterocycles. The van der Waals surface area contributed by atoms with Crippen LogP contribution in [0.5, 0.6) is 0 Å². The van der Waals surface area contributed by atoms with Crippen LogP contribution in [-0.2, 0) is 0 Å². The number of carbonyl (C=O) groups excluding carboxylic acids is 1. The number of H-pyrrole nitrogens is 1. The number of aryl methyl sites for hydroxylation is 2. The maximum atomic E-state index is 12.7. The molecule has 4 heteroatoms. The van der Waals surface area contributed by atoms with Crippen LogP contribution in [-0.4, -0.2) is 15.9 Å². The maximum absolute atomic E-state index is 12.7. The van der Waals surface area contributed by atoms with Gasteiger partial charge in [-0.05, 0) is 50.2 Å². The summed E-state index contributed by atoms with van der Waals surface area (Å²) in [5.41, 5.74) is 6.26. The first kappa shape index (κ1) is 16.1. The Morgan fingerprint density at radius 1 is 0.923 bits per heavy atom. The number of hydrogen-bond acceptors (Lipinski definition) is 2. The topological polar surface area (TPSA) is 57.8 Å². The van der Waals surface area contributed by atoms with Gasteiger partial charge >= 0.3 is 0 Å². The summed E-state index contributed by atoms with van der Waals surface area (Å²) in [6.07, 6.45) is 0. The molecule has 4 nitrogen and oxygen atoms in total. The van der Waals surface area contributed by atoms with E-state index in [1.807, 2.05) is 74.5 Å². The van der Waals surface area contributed by atoms with E-state index in [-0.39, 0.29) is 5.91 Å². The number of anilines is 1. The Bertz CT molecular complexity index is 1060. The lowest BCUT2D eigenvalue weighted by atomic mass is 10.1. The van der Waals surface area contributed by atoms with Crippen molar-refractivity contribution in [3.05, 3.63) is 83.4 Å². The molecule has 1 aromatic heterocycles. The number of hydrogen-bond donors (Lipinski definition) is 2. The van der Waals surface area contributed by atoms with Crippen LogP contribution in [0.1, 0.15) is 21.5 Å². The molecule has 1 amide bonds. The Hall–Kier alpha value is -3.40. The summed E-state index contributed by atoms with van der Waals surface area (Å²) in [4.78, 5) is 20.7. The van der Waals surface area contributed by atoms with Crippen molar-refractivity contribution < 1.29 is 4.79 Å². The van der Waals surface area contributed by atoms with Crippen molar-refractivity contribution in [1.29, 1.82) is 0 Å². The number of rotatable bonds is 3. The first-order valence-corrected chi connectivity index (χ1v) is 8.54. The third kappa shape index (κ3) is 3.09. The van der Waals surface area contributed by atoms with E-state index in [1.54, 1.807) is 0 Å². The summed E-state index contributed by atoms with van der Waals surface area (Å²) in [6, 6.07) is 21.4. The van der Waals surface area contributed by atoms with Crippen molar-refractivity contribution in [2.24, 2.45) is 0 Å². The molecule has 0 spiro atoms. The van der Waals surface area contributed by atoms with Crippen LogP contribution in [0.3, 0.4) is 0 Å². The van der Waals surface area contributed by atoms with Gasteiger partial charge in [0.05, 0.1) is 16.7 Å². The van der Waals surface area contributed by atoms with Gasteiger partial charge in [-0.15, -0.1) is 0 Å². The van der Waals surface area contributed by atoms with Gasteiger partial charge in [0, 0.05) is 11.1 Å². The molecule has 0 radical (unpaired) electrons. The number of benzene rings is 3. The fourth-order valence-electron chi connectivity index (χ4n) is 3.18. The predicted molar refractivity (Wildman–Crippen MR) is 105 cm³/mol. The number of para-hydroxylation sites is 3. The fourth-order valence-corrected chi connectivity index (χ4v) is 3.18. The van der Waals surface area contributed by atoms with Gasteiger partial charge in [0.2, 0.25) is 0 Å². The second-order valence-electron chi connectivity index (χ2n) is 6.48. The zero-order chi connectivity index (χ0) is 18.1. The number of carbonyl (C=O) groups is 1. The molecule has 0 unspecified atom stereocenters. The van der Waals surface area contributed by atoms with Crippen LogP contribution < -0.4 is 5.32 Å². The van der Waals surface area contributed by atoms with Crippen LogP contribution in [0.2, 0.25) is 0 Å². The van der Waals surface area contributed by atoms with E-state index < -0.39 is 0 Å². The second kappa shape index (κ2) is 6.48. The van der Waals surface area contributed by atoms with Crippen molar-refractivity contribution >= 4 is 22.6 Å². The van der Waals surface area contributed by atoms with Gasteiger partial charge in [-0.1, -0.05) is 41.5 Å². The van der Waals surface area contributed by atoms with Crippen LogP contribution >= 0.6 is 0 Å². The summed E-state index contributed by atoms with van der Waals surface area (Å²) >= 11 is 0. The average molecular weight is 341 g/mol. The number of nitrogens with one attached hydrogen (secondary N) is 2. The van der Waals surface area contributed by atoms with E-state index in [1.165, 1.54) is 0 Å². The highest BCUT2D eigenvalue weighted by molar-refractivity contribution is 6.06. The summed E-state index contributed by atoms with van der Waals surface area (Å²) in [5.74, 6) is 0.614. The monoisotopic (exact) mass is 341 g/mol. The fraction of sp³-hybridized carbons (Fsp3) is 0.0909. The number of fused-ring (bicyclic) bond motifs is 1. The Balaban J connectivity index is 1.70. The molecule has 0 aliphatic carbocycles. The minimum atomic E-state index is -0.125. The van der Waals surface area contributed by atoms with E-state index in [4.69, 9.17) is 0 Å². The summed E-state index contributed by atoms with van der Waals surface area (Å²) in [5, 5.41) is 3.03. The number of aromatic amines is 1. The Morgan fingerprint density at radius 2 is 1.62 bits per heavy atom. The lowest BCUT2D eigenvalue weighted by Gasteiger charge is -2.10. The summed E-state index contributed by atoms with van der Waals surface area (Å²) < 4.78 is 0. The van der Waals surface area contributed by atoms with Crippen molar-refractivity contribution in [3.8, 4) is 11.4 Å². The maximum Gasteiger partial charge on any atom is 0.255 e. The number of imidazole rings is 1. The molecule has 0 aliphatic heterocycles. The van der Waals surface area contributed by atoms with E-state index in [9.17, 15) is 4.79 Å².